The summed E-state index contributed by atoms with van der Waals surface area (Å²) in [5.74, 6) is -0.186. The SMILES string of the molecule is Cc1ccc2nc(-c3ccc(NC(=O)CCn4cc([N+](=O)[O-])c(C)n4)cc3)sc2c1. The van der Waals surface area contributed by atoms with Gasteiger partial charge in [0.05, 0.1) is 15.1 Å². The molecule has 0 spiro atoms. The molecular formula is C21H19N5O3S. The van der Waals surface area contributed by atoms with E-state index in [0.717, 1.165) is 20.8 Å². The quantitative estimate of drug-likeness (QED) is 0.359. The maximum absolute atomic E-state index is 12.2. The van der Waals surface area contributed by atoms with Gasteiger partial charge in [0.1, 0.15) is 16.9 Å². The third-order valence-corrected chi connectivity index (χ3v) is 5.71. The third-order valence-electron chi connectivity index (χ3n) is 4.64. The number of thiazole rings is 1. The Morgan fingerprint density at radius 3 is 2.67 bits per heavy atom. The van der Waals surface area contributed by atoms with E-state index in [0.29, 0.717) is 11.4 Å². The minimum atomic E-state index is -0.479. The zero-order chi connectivity index (χ0) is 21.3. The van der Waals surface area contributed by atoms with Crippen LogP contribution >= 0.6 is 11.3 Å². The van der Waals surface area contributed by atoms with E-state index >= 15 is 0 Å². The Morgan fingerprint density at radius 1 is 1.20 bits per heavy atom. The number of nitrogens with one attached hydrogen (secondary N) is 1. The van der Waals surface area contributed by atoms with Crippen molar-refractivity contribution in [3.8, 4) is 10.6 Å². The second kappa shape index (κ2) is 8.03. The number of carbonyl (C=O) groups excluding carboxylic acids is 1. The van der Waals surface area contributed by atoms with E-state index in [1.807, 2.05) is 36.4 Å². The molecule has 8 nitrogen and oxygen atoms in total. The van der Waals surface area contributed by atoms with Crippen molar-refractivity contribution in [2.45, 2.75) is 26.8 Å². The monoisotopic (exact) mass is 421 g/mol. The van der Waals surface area contributed by atoms with Gasteiger partial charge in [0.25, 0.3) is 0 Å². The van der Waals surface area contributed by atoms with E-state index in [9.17, 15) is 14.9 Å². The Balaban J connectivity index is 1.38. The summed E-state index contributed by atoms with van der Waals surface area (Å²) in [4.78, 5) is 27.3. The highest BCUT2D eigenvalue weighted by molar-refractivity contribution is 7.21. The van der Waals surface area contributed by atoms with Crippen LogP contribution in [0.5, 0.6) is 0 Å². The summed E-state index contributed by atoms with van der Waals surface area (Å²) in [5.41, 5.74) is 4.15. The van der Waals surface area contributed by atoms with Crippen LogP contribution in [0.1, 0.15) is 17.7 Å². The van der Waals surface area contributed by atoms with E-state index in [4.69, 9.17) is 0 Å². The van der Waals surface area contributed by atoms with Gasteiger partial charge in [0, 0.05) is 24.2 Å². The Morgan fingerprint density at radius 2 is 1.97 bits per heavy atom. The lowest BCUT2D eigenvalue weighted by Gasteiger charge is -2.06. The molecule has 0 radical (unpaired) electrons. The highest BCUT2D eigenvalue weighted by Crippen LogP contribution is 2.31. The van der Waals surface area contributed by atoms with Crippen LogP contribution in [0.3, 0.4) is 0 Å². The molecule has 0 saturated carbocycles. The largest absolute Gasteiger partial charge is 0.326 e. The molecule has 0 aliphatic carbocycles. The number of hydrogen-bond acceptors (Lipinski definition) is 6. The van der Waals surface area contributed by atoms with Crippen molar-refractivity contribution in [2.75, 3.05) is 5.32 Å². The molecule has 4 rings (SSSR count). The van der Waals surface area contributed by atoms with Gasteiger partial charge in [-0.1, -0.05) is 6.07 Å². The average molecular weight is 421 g/mol. The Hall–Kier alpha value is -3.59. The van der Waals surface area contributed by atoms with Gasteiger partial charge in [-0.05, 0) is 55.8 Å². The molecule has 30 heavy (non-hydrogen) atoms. The van der Waals surface area contributed by atoms with Gasteiger partial charge in [-0.2, -0.15) is 5.10 Å². The van der Waals surface area contributed by atoms with Crippen LogP contribution in [-0.4, -0.2) is 25.6 Å². The van der Waals surface area contributed by atoms with Gasteiger partial charge < -0.3 is 5.32 Å². The summed E-state index contributed by atoms with van der Waals surface area (Å²) in [6.07, 6.45) is 1.51. The lowest BCUT2D eigenvalue weighted by molar-refractivity contribution is -0.385. The molecule has 0 aliphatic rings. The summed E-state index contributed by atoms with van der Waals surface area (Å²) in [7, 11) is 0. The van der Waals surface area contributed by atoms with Gasteiger partial charge in [-0.25, -0.2) is 4.98 Å². The molecule has 9 heteroatoms. The summed E-state index contributed by atoms with van der Waals surface area (Å²) in [6, 6.07) is 13.7. The van der Waals surface area contributed by atoms with Crippen molar-refractivity contribution in [1.82, 2.24) is 14.8 Å². The fraction of sp³-hybridized carbons (Fsp3) is 0.190. The number of benzene rings is 2. The highest BCUT2D eigenvalue weighted by atomic mass is 32.1. The number of carbonyl (C=O) groups is 1. The zero-order valence-corrected chi connectivity index (χ0v) is 17.3. The lowest BCUT2D eigenvalue weighted by atomic mass is 10.2. The first-order valence-electron chi connectivity index (χ1n) is 9.35. The minimum absolute atomic E-state index is 0.0454. The van der Waals surface area contributed by atoms with Gasteiger partial charge in [0.15, 0.2) is 0 Å². The minimum Gasteiger partial charge on any atom is -0.326 e. The molecular weight excluding hydrogens is 402 g/mol. The lowest BCUT2D eigenvalue weighted by Crippen LogP contribution is -2.14. The first-order chi connectivity index (χ1) is 14.4. The van der Waals surface area contributed by atoms with Crippen molar-refractivity contribution in [2.24, 2.45) is 0 Å². The maximum atomic E-state index is 12.2. The van der Waals surface area contributed by atoms with Crippen LogP contribution in [0, 0.1) is 24.0 Å². The van der Waals surface area contributed by atoms with E-state index < -0.39 is 4.92 Å². The van der Waals surface area contributed by atoms with E-state index in [1.54, 1.807) is 18.3 Å². The summed E-state index contributed by atoms with van der Waals surface area (Å²) in [5, 5.41) is 18.7. The molecule has 0 bridgehead atoms. The molecule has 0 saturated heterocycles. The van der Waals surface area contributed by atoms with Crippen molar-refractivity contribution < 1.29 is 9.72 Å². The van der Waals surface area contributed by atoms with Gasteiger partial charge in [-0.15, -0.1) is 11.3 Å². The predicted molar refractivity (Wildman–Crippen MR) is 117 cm³/mol. The molecule has 1 N–H and O–H groups in total. The number of nitro groups is 1. The van der Waals surface area contributed by atoms with Crippen molar-refractivity contribution in [1.29, 1.82) is 0 Å². The first-order valence-corrected chi connectivity index (χ1v) is 10.2. The summed E-state index contributed by atoms with van der Waals surface area (Å²) < 4.78 is 2.57. The molecule has 0 aliphatic heterocycles. The molecule has 0 unspecified atom stereocenters. The van der Waals surface area contributed by atoms with E-state index in [-0.39, 0.29) is 24.6 Å². The zero-order valence-electron chi connectivity index (χ0n) is 16.5. The molecule has 1 amide bonds. The van der Waals surface area contributed by atoms with Crippen LogP contribution in [0.2, 0.25) is 0 Å². The number of rotatable bonds is 6. The number of anilines is 1. The molecule has 152 valence electrons. The predicted octanol–water partition coefficient (Wildman–Crippen LogP) is 4.71. The normalized spacial score (nSPS) is 11.0. The topological polar surface area (TPSA) is 103 Å². The van der Waals surface area contributed by atoms with Gasteiger partial charge in [-0.3, -0.25) is 19.6 Å². The number of amides is 1. The van der Waals surface area contributed by atoms with Gasteiger partial charge in [0.2, 0.25) is 5.91 Å². The van der Waals surface area contributed by atoms with Crippen LogP contribution in [0.4, 0.5) is 11.4 Å². The molecule has 0 fully saturated rings. The average Bonchev–Trinajstić information content (AvgIpc) is 3.30. The van der Waals surface area contributed by atoms with Crippen molar-refractivity contribution in [3.05, 3.63) is 70.0 Å². The standard InChI is InChI=1S/C21H19N5O3S/c1-13-3-8-17-19(11-13)30-21(23-17)15-4-6-16(7-5-15)22-20(27)9-10-25-12-18(26(28)29)14(2)24-25/h3-8,11-12H,9-10H2,1-2H3,(H,22,27). The van der Waals surface area contributed by atoms with Crippen molar-refractivity contribution >= 4 is 38.8 Å². The number of aryl methyl sites for hydroxylation is 3. The Bertz CT molecular complexity index is 1240. The Kier molecular flexibility index (Phi) is 5.28. The molecule has 4 aromatic rings. The fourth-order valence-electron chi connectivity index (χ4n) is 3.09. The maximum Gasteiger partial charge on any atom is 0.309 e. The van der Waals surface area contributed by atoms with Crippen molar-refractivity contribution in [3.63, 3.8) is 0 Å². The second-order valence-electron chi connectivity index (χ2n) is 6.99. The number of nitrogens with zero attached hydrogens (tertiary/aromatic N) is 4. The second-order valence-corrected chi connectivity index (χ2v) is 8.02. The first kappa shape index (κ1) is 19.7. The third kappa shape index (κ3) is 4.20. The summed E-state index contributed by atoms with van der Waals surface area (Å²) in [6.45, 7) is 3.90. The molecule has 0 atom stereocenters. The molecule has 2 aromatic heterocycles. The van der Waals surface area contributed by atoms with Crippen LogP contribution in [-0.2, 0) is 11.3 Å². The van der Waals surface area contributed by atoms with Crippen LogP contribution in [0.15, 0.2) is 48.7 Å². The smallest absolute Gasteiger partial charge is 0.309 e. The summed E-state index contributed by atoms with van der Waals surface area (Å²) >= 11 is 1.64. The Labute approximate surface area is 176 Å². The van der Waals surface area contributed by atoms with Crippen LogP contribution in [0.25, 0.3) is 20.8 Å². The van der Waals surface area contributed by atoms with E-state index in [1.165, 1.54) is 16.4 Å². The highest BCUT2D eigenvalue weighted by Gasteiger charge is 2.15. The number of fused-ring (bicyclic) bond motifs is 1. The fourth-order valence-corrected chi connectivity index (χ4v) is 4.16. The number of hydrogen-bond donors (Lipinski definition) is 1. The molecule has 2 aromatic carbocycles. The number of aromatic nitrogens is 3. The molecule has 2 heterocycles. The van der Waals surface area contributed by atoms with E-state index in [2.05, 4.69) is 28.4 Å². The van der Waals surface area contributed by atoms with Crippen LogP contribution < -0.4 is 5.32 Å². The van der Waals surface area contributed by atoms with Gasteiger partial charge >= 0.3 is 5.69 Å².